The molecule has 0 saturated heterocycles. The monoisotopic (exact) mass is 433 g/mol. The Labute approximate surface area is 161 Å². The average molecular weight is 434 g/mol. The number of nitrogens with one attached hydrogen (secondary N) is 1. The standard InChI is InChI=1S/C18H13BrFN3O2S/c19-12-9-10(20)6-7-14(12)25-17-11(3-2-8-21-17)16(24)23-18-22-13-4-1-5-15(13)26-18/h2-3,6-9H,1,4-5H2,(H,22,23,24). The van der Waals surface area contributed by atoms with Gasteiger partial charge in [0, 0.05) is 11.1 Å². The number of halogens is 2. The molecule has 1 aliphatic carbocycles. The average Bonchev–Trinajstić information content (AvgIpc) is 3.19. The molecule has 1 N–H and O–H groups in total. The smallest absolute Gasteiger partial charge is 0.262 e. The van der Waals surface area contributed by atoms with Crippen molar-refractivity contribution in [2.24, 2.45) is 0 Å². The zero-order valence-corrected chi connectivity index (χ0v) is 15.9. The van der Waals surface area contributed by atoms with E-state index in [2.05, 4.69) is 31.2 Å². The largest absolute Gasteiger partial charge is 0.437 e. The molecular formula is C18H13BrFN3O2S. The number of rotatable bonds is 4. The number of anilines is 1. The minimum absolute atomic E-state index is 0.140. The topological polar surface area (TPSA) is 64.1 Å². The number of carbonyl (C=O) groups excluding carboxylic acids is 1. The van der Waals surface area contributed by atoms with Crippen LogP contribution in [0.25, 0.3) is 0 Å². The molecule has 1 amide bonds. The minimum Gasteiger partial charge on any atom is -0.437 e. The zero-order chi connectivity index (χ0) is 18.1. The van der Waals surface area contributed by atoms with Crippen LogP contribution in [-0.4, -0.2) is 15.9 Å². The van der Waals surface area contributed by atoms with Crippen LogP contribution in [0.2, 0.25) is 0 Å². The van der Waals surface area contributed by atoms with E-state index in [1.165, 1.54) is 40.6 Å². The lowest BCUT2D eigenvalue weighted by Crippen LogP contribution is -2.13. The molecule has 0 spiro atoms. The van der Waals surface area contributed by atoms with Crippen LogP contribution in [0, 0.1) is 5.82 Å². The van der Waals surface area contributed by atoms with E-state index in [9.17, 15) is 9.18 Å². The second kappa shape index (κ2) is 7.13. The highest BCUT2D eigenvalue weighted by atomic mass is 79.9. The molecule has 0 radical (unpaired) electrons. The van der Waals surface area contributed by atoms with E-state index < -0.39 is 0 Å². The van der Waals surface area contributed by atoms with Crippen LogP contribution in [0.4, 0.5) is 9.52 Å². The molecule has 2 aromatic heterocycles. The van der Waals surface area contributed by atoms with E-state index >= 15 is 0 Å². The number of thiazole rings is 1. The van der Waals surface area contributed by atoms with Crippen molar-refractivity contribution in [3.8, 4) is 11.6 Å². The molecule has 8 heteroatoms. The fourth-order valence-electron chi connectivity index (χ4n) is 2.72. The third kappa shape index (κ3) is 3.47. The van der Waals surface area contributed by atoms with Gasteiger partial charge in [0.05, 0.1) is 10.2 Å². The van der Waals surface area contributed by atoms with Gasteiger partial charge >= 0.3 is 0 Å². The SMILES string of the molecule is O=C(Nc1nc2c(s1)CCC2)c1cccnc1Oc1ccc(F)cc1Br. The van der Waals surface area contributed by atoms with Crippen LogP contribution in [0.15, 0.2) is 41.0 Å². The molecule has 0 fully saturated rings. The summed E-state index contributed by atoms with van der Waals surface area (Å²) in [5.41, 5.74) is 1.35. The van der Waals surface area contributed by atoms with Crippen molar-refractivity contribution in [1.29, 1.82) is 0 Å². The molecule has 1 aliphatic rings. The molecule has 1 aromatic carbocycles. The number of carbonyl (C=O) groups is 1. The Morgan fingerprint density at radius 2 is 2.19 bits per heavy atom. The summed E-state index contributed by atoms with van der Waals surface area (Å²) in [5.74, 6) is -0.229. The molecular weight excluding hydrogens is 421 g/mol. The zero-order valence-electron chi connectivity index (χ0n) is 13.5. The number of aryl methyl sites for hydroxylation is 2. The summed E-state index contributed by atoms with van der Waals surface area (Å²) in [6, 6.07) is 7.32. The summed E-state index contributed by atoms with van der Waals surface area (Å²) in [5, 5.41) is 3.40. The first-order valence-corrected chi connectivity index (χ1v) is 9.59. The van der Waals surface area contributed by atoms with Gasteiger partial charge in [0.25, 0.3) is 5.91 Å². The normalized spacial score (nSPS) is 12.7. The van der Waals surface area contributed by atoms with Crippen LogP contribution in [0.3, 0.4) is 0 Å². The van der Waals surface area contributed by atoms with Crippen molar-refractivity contribution in [3.63, 3.8) is 0 Å². The molecule has 3 aromatic rings. The Morgan fingerprint density at radius 3 is 3.00 bits per heavy atom. The molecule has 0 aliphatic heterocycles. The lowest BCUT2D eigenvalue weighted by molar-refractivity contribution is 0.102. The van der Waals surface area contributed by atoms with Gasteiger partial charge in [-0.3, -0.25) is 10.1 Å². The predicted molar refractivity (Wildman–Crippen MR) is 101 cm³/mol. The number of hydrogen-bond donors (Lipinski definition) is 1. The molecule has 0 bridgehead atoms. The van der Waals surface area contributed by atoms with E-state index in [1.807, 2.05) is 0 Å². The number of hydrogen-bond acceptors (Lipinski definition) is 5. The second-order valence-electron chi connectivity index (χ2n) is 5.73. The fourth-order valence-corrected chi connectivity index (χ4v) is 4.19. The Hall–Kier alpha value is -2.32. The lowest BCUT2D eigenvalue weighted by atomic mass is 10.2. The minimum atomic E-state index is -0.389. The Balaban J connectivity index is 1.57. The van der Waals surface area contributed by atoms with Gasteiger partial charge < -0.3 is 4.74 Å². The summed E-state index contributed by atoms with van der Waals surface area (Å²) in [6.45, 7) is 0. The van der Waals surface area contributed by atoms with Gasteiger partial charge in [0.2, 0.25) is 5.88 Å². The van der Waals surface area contributed by atoms with Gasteiger partial charge in [0.15, 0.2) is 5.13 Å². The number of pyridine rings is 1. The molecule has 5 nitrogen and oxygen atoms in total. The van der Waals surface area contributed by atoms with Crippen molar-refractivity contribution in [2.75, 3.05) is 5.32 Å². The van der Waals surface area contributed by atoms with Crippen molar-refractivity contribution >= 4 is 38.3 Å². The Morgan fingerprint density at radius 1 is 1.31 bits per heavy atom. The number of nitrogens with zero attached hydrogens (tertiary/aromatic N) is 2. The van der Waals surface area contributed by atoms with Crippen molar-refractivity contribution in [2.45, 2.75) is 19.3 Å². The number of ether oxygens (including phenoxy) is 1. The van der Waals surface area contributed by atoms with Gasteiger partial charge in [-0.25, -0.2) is 14.4 Å². The molecule has 0 unspecified atom stereocenters. The van der Waals surface area contributed by atoms with E-state index in [0.29, 0.717) is 15.4 Å². The van der Waals surface area contributed by atoms with Crippen LogP contribution in [-0.2, 0) is 12.8 Å². The first-order chi connectivity index (χ1) is 12.6. The molecule has 132 valence electrons. The van der Waals surface area contributed by atoms with Gasteiger partial charge in [-0.15, -0.1) is 11.3 Å². The summed E-state index contributed by atoms with van der Waals surface area (Å²) in [6.07, 6.45) is 4.63. The van der Waals surface area contributed by atoms with E-state index in [0.717, 1.165) is 25.0 Å². The predicted octanol–water partition coefficient (Wildman–Crippen LogP) is 4.97. The third-order valence-electron chi connectivity index (χ3n) is 3.93. The third-order valence-corrected chi connectivity index (χ3v) is 5.63. The molecule has 0 atom stereocenters. The summed E-state index contributed by atoms with van der Waals surface area (Å²) >= 11 is 4.75. The first kappa shape index (κ1) is 17.1. The summed E-state index contributed by atoms with van der Waals surface area (Å²) < 4.78 is 19.4. The molecule has 2 heterocycles. The van der Waals surface area contributed by atoms with Crippen molar-refractivity contribution in [1.82, 2.24) is 9.97 Å². The van der Waals surface area contributed by atoms with Gasteiger partial charge in [0.1, 0.15) is 17.1 Å². The van der Waals surface area contributed by atoms with E-state index in [-0.39, 0.29) is 23.2 Å². The highest BCUT2D eigenvalue weighted by molar-refractivity contribution is 9.10. The van der Waals surface area contributed by atoms with Crippen LogP contribution < -0.4 is 10.1 Å². The van der Waals surface area contributed by atoms with E-state index in [4.69, 9.17) is 4.74 Å². The van der Waals surface area contributed by atoms with Crippen LogP contribution >= 0.6 is 27.3 Å². The van der Waals surface area contributed by atoms with Crippen molar-refractivity contribution in [3.05, 3.63) is 63.0 Å². The molecule has 4 rings (SSSR count). The second-order valence-corrected chi connectivity index (χ2v) is 7.67. The van der Waals surface area contributed by atoms with Gasteiger partial charge in [-0.05, 0) is 65.5 Å². The van der Waals surface area contributed by atoms with Crippen molar-refractivity contribution < 1.29 is 13.9 Å². The number of benzene rings is 1. The first-order valence-electron chi connectivity index (χ1n) is 7.98. The Bertz CT molecular complexity index is 971. The summed E-state index contributed by atoms with van der Waals surface area (Å²) in [4.78, 5) is 22.5. The van der Waals surface area contributed by atoms with E-state index in [1.54, 1.807) is 12.1 Å². The van der Waals surface area contributed by atoms with Crippen LogP contribution in [0.5, 0.6) is 11.6 Å². The van der Waals surface area contributed by atoms with Gasteiger partial charge in [-0.1, -0.05) is 0 Å². The lowest BCUT2D eigenvalue weighted by Gasteiger charge is -2.10. The van der Waals surface area contributed by atoms with Gasteiger partial charge in [-0.2, -0.15) is 0 Å². The maximum absolute atomic E-state index is 13.2. The maximum Gasteiger partial charge on any atom is 0.262 e. The Kier molecular flexibility index (Phi) is 4.69. The number of aromatic nitrogens is 2. The highest BCUT2D eigenvalue weighted by Gasteiger charge is 2.20. The summed E-state index contributed by atoms with van der Waals surface area (Å²) in [7, 11) is 0. The maximum atomic E-state index is 13.2. The molecule has 0 saturated carbocycles. The number of amides is 1. The molecule has 26 heavy (non-hydrogen) atoms. The fraction of sp³-hybridized carbons (Fsp3) is 0.167. The highest BCUT2D eigenvalue weighted by Crippen LogP contribution is 2.33. The quantitative estimate of drug-likeness (QED) is 0.630. The number of fused-ring (bicyclic) bond motifs is 1. The van der Waals surface area contributed by atoms with Crippen LogP contribution in [0.1, 0.15) is 27.3 Å².